The third-order valence-corrected chi connectivity index (χ3v) is 6.36. The Morgan fingerprint density at radius 1 is 1.23 bits per heavy atom. The molecule has 1 aromatic carbocycles. The Bertz CT molecular complexity index is 834. The van der Waals surface area contributed by atoms with E-state index in [1.807, 2.05) is 22.4 Å². The number of carbonyl (C=O) groups excluding carboxylic acids is 3. The summed E-state index contributed by atoms with van der Waals surface area (Å²) in [5.74, 6) is 0.0379. The summed E-state index contributed by atoms with van der Waals surface area (Å²) in [7, 11) is 0. The first-order chi connectivity index (χ1) is 12.6. The number of hydrogen-bond donors (Lipinski definition) is 0. The van der Waals surface area contributed by atoms with Crippen LogP contribution in [0.4, 0.5) is 4.79 Å². The van der Waals surface area contributed by atoms with Crippen LogP contribution in [-0.4, -0.2) is 39.2 Å². The zero-order chi connectivity index (χ0) is 18.1. The molecule has 4 rings (SSSR count). The lowest BCUT2D eigenvalue weighted by Crippen LogP contribution is -2.31. The molecular formula is C19H18N2O3S2. The van der Waals surface area contributed by atoms with E-state index in [9.17, 15) is 14.4 Å². The smallest absolute Gasteiger partial charge is 0.289 e. The van der Waals surface area contributed by atoms with Crippen molar-refractivity contribution in [2.24, 2.45) is 0 Å². The van der Waals surface area contributed by atoms with E-state index < -0.39 is 0 Å². The normalized spacial score (nSPS) is 20.2. The van der Waals surface area contributed by atoms with Gasteiger partial charge in [-0.2, -0.15) is 11.3 Å². The van der Waals surface area contributed by atoms with E-state index >= 15 is 0 Å². The van der Waals surface area contributed by atoms with Gasteiger partial charge in [0.05, 0.1) is 18.3 Å². The van der Waals surface area contributed by atoms with E-state index in [1.165, 1.54) is 10.5 Å². The number of likely N-dealkylation sites (tertiary alicyclic amines) is 1. The van der Waals surface area contributed by atoms with Gasteiger partial charge < -0.3 is 4.90 Å². The molecule has 7 heteroatoms. The minimum Gasteiger partial charge on any atom is -0.332 e. The maximum absolute atomic E-state index is 13.0. The molecule has 0 spiro atoms. The van der Waals surface area contributed by atoms with Crippen molar-refractivity contribution in [1.29, 1.82) is 0 Å². The average molecular weight is 386 g/mol. The van der Waals surface area contributed by atoms with Gasteiger partial charge in [0.15, 0.2) is 0 Å². The van der Waals surface area contributed by atoms with Crippen LogP contribution < -0.4 is 0 Å². The summed E-state index contributed by atoms with van der Waals surface area (Å²) in [4.78, 5) is 39.8. The van der Waals surface area contributed by atoms with Gasteiger partial charge in [0, 0.05) is 12.1 Å². The lowest BCUT2D eigenvalue weighted by atomic mass is 10.1. The largest absolute Gasteiger partial charge is 0.332 e. The van der Waals surface area contributed by atoms with Crippen molar-refractivity contribution in [2.75, 3.05) is 12.3 Å². The lowest BCUT2D eigenvalue weighted by molar-refractivity contribution is -0.125. The van der Waals surface area contributed by atoms with Crippen molar-refractivity contribution in [3.05, 3.63) is 57.8 Å². The minimum absolute atomic E-state index is 0.00833. The first-order valence-corrected chi connectivity index (χ1v) is 10.5. The Labute approximate surface area is 160 Å². The zero-order valence-electron chi connectivity index (χ0n) is 14.1. The average Bonchev–Trinajstić information content (AvgIpc) is 3.39. The van der Waals surface area contributed by atoms with Crippen LogP contribution in [0.2, 0.25) is 0 Å². The molecule has 26 heavy (non-hydrogen) atoms. The summed E-state index contributed by atoms with van der Waals surface area (Å²) in [6.45, 7) is 0.975. The fourth-order valence-electron chi connectivity index (χ4n) is 3.51. The van der Waals surface area contributed by atoms with E-state index in [1.54, 1.807) is 23.5 Å². The van der Waals surface area contributed by atoms with Gasteiger partial charge in [-0.15, -0.1) is 0 Å². The highest BCUT2D eigenvalue weighted by Crippen LogP contribution is 2.34. The maximum Gasteiger partial charge on any atom is 0.289 e. The monoisotopic (exact) mass is 386 g/mol. The summed E-state index contributed by atoms with van der Waals surface area (Å²) in [5.41, 5.74) is 2.60. The van der Waals surface area contributed by atoms with Crippen molar-refractivity contribution in [1.82, 2.24) is 9.80 Å². The van der Waals surface area contributed by atoms with Crippen molar-refractivity contribution < 1.29 is 14.4 Å². The summed E-state index contributed by atoms with van der Waals surface area (Å²) >= 11 is 2.67. The maximum atomic E-state index is 13.0. The van der Waals surface area contributed by atoms with Crippen molar-refractivity contribution in [3.63, 3.8) is 0 Å². The molecule has 2 aliphatic rings. The molecule has 0 aliphatic carbocycles. The number of benzene rings is 1. The van der Waals surface area contributed by atoms with Gasteiger partial charge >= 0.3 is 0 Å². The fraction of sp³-hybridized carbons (Fsp3) is 0.316. The molecule has 2 aromatic rings. The number of hydrogen-bond acceptors (Lipinski definition) is 5. The lowest BCUT2D eigenvalue weighted by Gasteiger charge is -2.24. The number of carbonyl (C=O) groups is 3. The standard InChI is InChI=1S/C19H18N2O3S2/c22-17-12-26-19(24)21(17)10-13-3-1-4-14(9-13)18(23)20-7-2-5-16(20)15-6-8-25-11-15/h1,3-4,6,8-9,11,16H,2,5,7,10,12H2/t16-/m0/s1. The van der Waals surface area contributed by atoms with Crippen LogP contribution in [0.25, 0.3) is 0 Å². The molecule has 3 amide bonds. The van der Waals surface area contributed by atoms with Crippen LogP contribution in [0.15, 0.2) is 41.1 Å². The first-order valence-electron chi connectivity index (χ1n) is 8.52. The molecule has 0 saturated carbocycles. The van der Waals surface area contributed by atoms with Gasteiger partial charge in [0.25, 0.3) is 11.1 Å². The van der Waals surface area contributed by atoms with E-state index in [0.717, 1.165) is 36.7 Å². The molecule has 134 valence electrons. The zero-order valence-corrected chi connectivity index (χ0v) is 15.7. The SMILES string of the molecule is O=C1CSC(=O)N1Cc1cccc(C(=O)N2CCC[C@H]2c2ccsc2)c1. The van der Waals surface area contributed by atoms with Gasteiger partial charge in [-0.05, 0) is 52.9 Å². The Kier molecular flexibility index (Phi) is 4.82. The second kappa shape index (κ2) is 7.25. The molecule has 1 aromatic heterocycles. The third kappa shape index (κ3) is 3.29. The highest BCUT2D eigenvalue weighted by atomic mass is 32.2. The van der Waals surface area contributed by atoms with E-state index in [0.29, 0.717) is 5.56 Å². The quantitative estimate of drug-likeness (QED) is 0.799. The number of thioether (sulfide) groups is 1. The Morgan fingerprint density at radius 3 is 2.85 bits per heavy atom. The third-order valence-electron chi connectivity index (χ3n) is 4.80. The topological polar surface area (TPSA) is 57.7 Å². The van der Waals surface area contributed by atoms with Crippen molar-refractivity contribution >= 4 is 40.2 Å². The van der Waals surface area contributed by atoms with E-state index in [4.69, 9.17) is 0 Å². The molecule has 0 radical (unpaired) electrons. The van der Waals surface area contributed by atoms with Gasteiger partial charge in [0.2, 0.25) is 5.91 Å². The predicted octanol–water partition coefficient (Wildman–Crippen LogP) is 3.92. The number of imide groups is 1. The van der Waals surface area contributed by atoms with Crippen molar-refractivity contribution in [3.8, 4) is 0 Å². The highest BCUT2D eigenvalue weighted by molar-refractivity contribution is 8.14. The molecular weight excluding hydrogens is 368 g/mol. The predicted molar refractivity (Wildman–Crippen MR) is 102 cm³/mol. The summed E-state index contributed by atoms with van der Waals surface area (Å²) in [6, 6.07) is 9.48. The van der Waals surface area contributed by atoms with Gasteiger partial charge in [-0.3, -0.25) is 19.3 Å². The summed E-state index contributed by atoms with van der Waals surface area (Å²) < 4.78 is 0. The Morgan fingerprint density at radius 2 is 2.12 bits per heavy atom. The molecule has 1 atom stereocenters. The van der Waals surface area contributed by atoms with Crippen LogP contribution in [0, 0.1) is 0 Å². The van der Waals surface area contributed by atoms with Crippen LogP contribution in [0.1, 0.15) is 40.4 Å². The fourth-order valence-corrected chi connectivity index (χ4v) is 4.94. The van der Waals surface area contributed by atoms with Gasteiger partial charge in [0.1, 0.15) is 0 Å². The molecule has 0 bridgehead atoms. The Hall–Kier alpha value is -2.12. The molecule has 2 fully saturated rings. The molecule has 3 heterocycles. The van der Waals surface area contributed by atoms with E-state index in [2.05, 4.69) is 11.4 Å². The summed E-state index contributed by atoms with van der Waals surface area (Å²) in [5, 5.41) is 3.93. The number of nitrogens with zero attached hydrogens (tertiary/aromatic N) is 2. The Balaban J connectivity index is 1.53. The van der Waals surface area contributed by atoms with Crippen molar-refractivity contribution in [2.45, 2.75) is 25.4 Å². The van der Waals surface area contributed by atoms with Crippen LogP contribution in [0.5, 0.6) is 0 Å². The second-order valence-electron chi connectivity index (χ2n) is 6.45. The highest BCUT2D eigenvalue weighted by Gasteiger charge is 2.32. The van der Waals surface area contributed by atoms with Gasteiger partial charge in [-0.25, -0.2) is 0 Å². The second-order valence-corrected chi connectivity index (χ2v) is 8.15. The van der Waals surface area contributed by atoms with Crippen LogP contribution in [-0.2, 0) is 11.3 Å². The molecule has 5 nitrogen and oxygen atoms in total. The number of thiophene rings is 1. The molecule has 2 aliphatic heterocycles. The number of amides is 3. The molecule has 0 N–H and O–H groups in total. The number of rotatable bonds is 4. The first kappa shape index (κ1) is 17.3. The van der Waals surface area contributed by atoms with E-state index in [-0.39, 0.29) is 35.4 Å². The summed E-state index contributed by atoms with van der Waals surface area (Å²) in [6.07, 6.45) is 1.98. The molecule has 2 saturated heterocycles. The molecule has 0 unspecified atom stereocenters. The van der Waals surface area contributed by atoms with Crippen LogP contribution in [0.3, 0.4) is 0 Å². The van der Waals surface area contributed by atoms with Crippen LogP contribution >= 0.6 is 23.1 Å². The van der Waals surface area contributed by atoms with Gasteiger partial charge in [-0.1, -0.05) is 23.9 Å². The minimum atomic E-state index is -0.219.